The molecular weight excluding hydrogens is 200 g/mol. The second-order valence-electron chi connectivity index (χ2n) is 4.85. The lowest BCUT2D eigenvalue weighted by Gasteiger charge is -2.25. The van der Waals surface area contributed by atoms with Gasteiger partial charge >= 0.3 is 0 Å². The highest BCUT2D eigenvalue weighted by molar-refractivity contribution is 6.00. The maximum absolute atomic E-state index is 11.5. The minimum Gasteiger partial charge on any atom is -0.493 e. The lowest BCUT2D eigenvalue weighted by Crippen LogP contribution is -2.19. The first kappa shape index (κ1) is 9.88. The van der Waals surface area contributed by atoms with Crippen molar-refractivity contribution in [1.82, 2.24) is 0 Å². The first-order valence-corrected chi connectivity index (χ1v) is 6.12. The average molecular weight is 216 g/mol. The van der Waals surface area contributed by atoms with E-state index < -0.39 is 0 Å². The van der Waals surface area contributed by atoms with E-state index in [0.29, 0.717) is 6.42 Å². The van der Waals surface area contributed by atoms with Gasteiger partial charge in [0.2, 0.25) is 0 Å². The number of benzene rings is 1. The van der Waals surface area contributed by atoms with Crippen LogP contribution in [0, 0.1) is 5.92 Å². The van der Waals surface area contributed by atoms with Gasteiger partial charge in [0.1, 0.15) is 5.75 Å². The van der Waals surface area contributed by atoms with Gasteiger partial charge in [-0.2, -0.15) is 0 Å². The summed E-state index contributed by atoms with van der Waals surface area (Å²) in [6.07, 6.45) is 5.52. The third-order valence-corrected chi connectivity index (χ3v) is 3.71. The van der Waals surface area contributed by atoms with E-state index in [9.17, 15) is 4.79 Å². The van der Waals surface area contributed by atoms with Crippen LogP contribution in [0.3, 0.4) is 0 Å². The number of carbonyl (C=O) groups is 1. The molecule has 0 heterocycles. The number of rotatable bonds is 3. The number of hydrogen-bond donors (Lipinski definition) is 0. The van der Waals surface area contributed by atoms with Gasteiger partial charge in [-0.3, -0.25) is 4.79 Å². The number of ketones is 1. The van der Waals surface area contributed by atoms with E-state index in [1.165, 1.54) is 19.3 Å². The van der Waals surface area contributed by atoms with Crippen LogP contribution in [0.25, 0.3) is 0 Å². The molecule has 0 amide bonds. The van der Waals surface area contributed by atoms with Crippen LogP contribution in [0.15, 0.2) is 18.2 Å². The Kier molecular flexibility index (Phi) is 2.43. The lowest BCUT2D eigenvalue weighted by molar-refractivity contribution is 0.0994. The van der Waals surface area contributed by atoms with E-state index in [-0.39, 0.29) is 5.78 Å². The maximum Gasteiger partial charge on any atom is 0.163 e. The van der Waals surface area contributed by atoms with Gasteiger partial charge in [0.25, 0.3) is 0 Å². The SMILES string of the molecule is O=C1CCc2cc(OCC3CCC3)ccc21. The van der Waals surface area contributed by atoms with Crippen LogP contribution in [0.4, 0.5) is 0 Å². The third kappa shape index (κ3) is 1.73. The van der Waals surface area contributed by atoms with E-state index in [1.807, 2.05) is 18.2 Å². The summed E-state index contributed by atoms with van der Waals surface area (Å²) in [4.78, 5) is 11.5. The zero-order valence-corrected chi connectivity index (χ0v) is 9.37. The van der Waals surface area contributed by atoms with Crippen molar-refractivity contribution in [2.45, 2.75) is 32.1 Å². The predicted octanol–water partition coefficient (Wildman–Crippen LogP) is 2.99. The molecular formula is C14H16O2. The summed E-state index contributed by atoms with van der Waals surface area (Å²) in [5, 5.41) is 0. The van der Waals surface area contributed by atoms with Gasteiger partial charge < -0.3 is 4.74 Å². The molecule has 1 fully saturated rings. The molecule has 0 bridgehead atoms. The van der Waals surface area contributed by atoms with Crippen molar-refractivity contribution in [2.24, 2.45) is 5.92 Å². The Hall–Kier alpha value is -1.31. The topological polar surface area (TPSA) is 26.3 Å². The molecule has 16 heavy (non-hydrogen) atoms. The predicted molar refractivity (Wildman–Crippen MR) is 61.9 cm³/mol. The minimum absolute atomic E-state index is 0.278. The molecule has 0 spiro atoms. The molecule has 1 aromatic rings. The number of ether oxygens (including phenoxy) is 1. The fourth-order valence-electron chi connectivity index (χ4n) is 2.40. The highest BCUT2D eigenvalue weighted by Crippen LogP contribution is 2.29. The molecule has 0 radical (unpaired) electrons. The normalized spacial score (nSPS) is 19.4. The molecule has 0 aromatic heterocycles. The van der Waals surface area contributed by atoms with Crippen molar-refractivity contribution in [3.63, 3.8) is 0 Å². The quantitative estimate of drug-likeness (QED) is 0.776. The van der Waals surface area contributed by atoms with Gasteiger partial charge in [0.15, 0.2) is 5.78 Å². The molecule has 84 valence electrons. The highest BCUT2D eigenvalue weighted by atomic mass is 16.5. The van der Waals surface area contributed by atoms with Crippen molar-refractivity contribution < 1.29 is 9.53 Å². The van der Waals surface area contributed by atoms with Gasteiger partial charge in [-0.15, -0.1) is 0 Å². The zero-order chi connectivity index (χ0) is 11.0. The summed E-state index contributed by atoms with van der Waals surface area (Å²) in [6, 6.07) is 5.89. The maximum atomic E-state index is 11.5. The Labute approximate surface area is 95.6 Å². The molecule has 0 N–H and O–H groups in total. The van der Waals surface area contributed by atoms with Crippen molar-refractivity contribution in [3.05, 3.63) is 29.3 Å². The molecule has 1 aromatic carbocycles. The second kappa shape index (κ2) is 3.93. The number of aryl methyl sites for hydroxylation is 1. The lowest BCUT2D eigenvalue weighted by atomic mass is 9.86. The van der Waals surface area contributed by atoms with Crippen LogP contribution in [0.2, 0.25) is 0 Å². The van der Waals surface area contributed by atoms with E-state index in [1.54, 1.807) is 0 Å². The summed E-state index contributed by atoms with van der Waals surface area (Å²) in [7, 11) is 0. The largest absolute Gasteiger partial charge is 0.493 e. The Morgan fingerprint density at radius 1 is 1.25 bits per heavy atom. The van der Waals surface area contributed by atoms with Gasteiger partial charge in [-0.25, -0.2) is 0 Å². The smallest absolute Gasteiger partial charge is 0.163 e. The second-order valence-corrected chi connectivity index (χ2v) is 4.85. The van der Waals surface area contributed by atoms with Gasteiger partial charge in [0, 0.05) is 12.0 Å². The monoisotopic (exact) mass is 216 g/mol. The van der Waals surface area contributed by atoms with E-state index in [0.717, 1.165) is 35.8 Å². The summed E-state index contributed by atoms with van der Waals surface area (Å²) in [6.45, 7) is 0.840. The van der Waals surface area contributed by atoms with E-state index >= 15 is 0 Å². The van der Waals surface area contributed by atoms with Crippen molar-refractivity contribution in [3.8, 4) is 5.75 Å². The standard InChI is InChI=1S/C14H16O2/c15-14-7-4-11-8-12(5-6-13(11)14)16-9-10-2-1-3-10/h5-6,8,10H,1-4,7,9H2. The van der Waals surface area contributed by atoms with Crippen LogP contribution in [-0.4, -0.2) is 12.4 Å². The highest BCUT2D eigenvalue weighted by Gasteiger charge is 2.21. The van der Waals surface area contributed by atoms with Gasteiger partial charge in [0.05, 0.1) is 6.61 Å². The fraction of sp³-hybridized carbons (Fsp3) is 0.500. The van der Waals surface area contributed by atoms with Crippen molar-refractivity contribution >= 4 is 5.78 Å². The van der Waals surface area contributed by atoms with Crippen molar-refractivity contribution in [2.75, 3.05) is 6.61 Å². The average Bonchev–Trinajstić information content (AvgIpc) is 2.58. The van der Waals surface area contributed by atoms with E-state index in [4.69, 9.17) is 4.74 Å². The third-order valence-electron chi connectivity index (χ3n) is 3.71. The summed E-state index contributed by atoms with van der Waals surface area (Å²) in [5.41, 5.74) is 2.06. The molecule has 2 aliphatic carbocycles. The van der Waals surface area contributed by atoms with Crippen LogP contribution < -0.4 is 4.74 Å². The Balaban J connectivity index is 1.69. The van der Waals surface area contributed by atoms with Crippen molar-refractivity contribution in [1.29, 1.82) is 0 Å². The molecule has 0 saturated heterocycles. The zero-order valence-electron chi connectivity index (χ0n) is 9.37. The number of fused-ring (bicyclic) bond motifs is 1. The molecule has 0 unspecified atom stereocenters. The van der Waals surface area contributed by atoms with Crippen LogP contribution >= 0.6 is 0 Å². The first-order chi connectivity index (χ1) is 7.83. The van der Waals surface area contributed by atoms with E-state index in [2.05, 4.69) is 0 Å². The fourth-order valence-corrected chi connectivity index (χ4v) is 2.40. The molecule has 2 nitrogen and oxygen atoms in total. The molecule has 2 aliphatic rings. The molecule has 0 aliphatic heterocycles. The number of hydrogen-bond acceptors (Lipinski definition) is 2. The van der Waals surface area contributed by atoms with Crippen LogP contribution in [0.5, 0.6) is 5.75 Å². The summed E-state index contributed by atoms with van der Waals surface area (Å²) < 4.78 is 5.76. The minimum atomic E-state index is 0.278. The molecule has 0 atom stereocenters. The Bertz CT molecular complexity index is 419. The van der Waals surface area contributed by atoms with Crippen LogP contribution in [0.1, 0.15) is 41.6 Å². The Morgan fingerprint density at radius 2 is 2.12 bits per heavy atom. The molecule has 2 heteroatoms. The summed E-state index contributed by atoms with van der Waals surface area (Å²) in [5.74, 6) is 1.97. The number of carbonyl (C=O) groups excluding carboxylic acids is 1. The summed E-state index contributed by atoms with van der Waals surface area (Å²) >= 11 is 0. The molecule has 3 rings (SSSR count). The molecule has 1 saturated carbocycles. The first-order valence-electron chi connectivity index (χ1n) is 6.12. The van der Waals surface area contributed by atoms with Gasteiger partial charge in [-0.05, 0) is 48.9 Å². The van der Waals surface area contributed by atoms with Crippen LogP contribution in [-0.2, 0) is 6.42 Å². The Morgan fingerprint density at radius 3 is 2.88 bits per heavy atom. The number of Topliss-reactive ketones (excluding diaryl/α,β-unsaturated/α-hetero) is 1. The van der Waals surface area contributed by atoms with Gasteiger partial charge in [-0.1, -0.05) is 6.42 Å².